The summed E-state index contributed by atoms with van der Waals surface area (Å²) >= 11 is 0. The minimum Gasteiger partial charge on any atom is -0.207 e. The van der Waals surface area contributed by atoms with Gasteiger partial charge < -0.3 is 0 Å². The van der Waals surface area contributed by atoms with Crippen LogP contribution in [-0.2, 0) is 10.0 Å². The molecule has 1 heterocycles. The molecule has 3 nitrogen and oxygen atoms in total. The Morgan fingerprint density at radius 1 is 0.957 bits per heavy atom. The van der Waals surface area contributed by atoms with E-state index in [0.717, 1.165) is 31.2 Å². The molecule has 2 aromatic rings. The Morgan fingerprint density at radius 3 is 2.48 bits per heavy atom. The highest BCUT2D eigenvalue weighted by molar-refractivity contribution is 7.89. The van der Waals surface area contributed by atoms with Crippen molar-refractivity contribution in [1.82, 2.24) is 4.31 Å². The fraction of sp³-hybridized carbons (Fsp3) is 0.368. The minimum atomic E-state index is -3.46. The van der Waals surface area contributed by atoms with Gasteiger partial charge in [-0.3, -0.25) is 0 Å². The van der Waals surface area contributed by atoms with Gasteiger partial charge in [0, 0.05) is 6.54 Å². The fourth-order valence-corrected chi connectivity index (χ4v) is 5.01. The highest BCUT2D eigenvalue weighted by Gasteiger charge is 2.33. The Bertz CT molecular complexity index is 756. The predicted molar refractivity (Wildman–Crippen MR) is 92.7 cm³/mol. The van der Waals surface area contributed by atoms with E-state index in [1.54, 1.807) is 28.6 Å². The molecule has 1 atom stereocenters. The lowest BCUT2D eigenvalue weighted by molar-refractivity contribution is 0.329. The van der Waals surface area contributed by atoms with E-state index in [2.05, 4.69) is 25.1 Å². The van der Waals surface area contributed by atoms with Gasteiger partial charge in [0.1, 0.15) is 0 Å². The van der Waals surface area contributed by atoms with Gasteiger partial charge in [-0.05, 0) is 37.5 Å². The molecule has 0 N–H and O–H groups in total. The molecule has 0 spiro atoms. The lowest BCUT2D eigenvalue weighted by atomic mass is 10.0. The predicted octanol–water partition coefficient (Wildman–Crippen LogP) is 4.30. The SMILES string of the molecule is Cc1cccc(C2CCCCCN2S(=O)(=O)c2ccccc2)c1. The third-order valence-corrected chi connectivity index (χ3v) is 6.40. The Balaban J connectivity index is 2.03. The third kappa shape index (κ3) is 3.48. The number of benzene rings is 2. The Kier molecular flexibility index (Phi) is 4.83. The number of sulfonamides is 1. The molecule has 2 aromatic carbocycles. The first kappa shape index (κ1) is 16.2. The van der Waals surface area contributed by atoms with Crippen LogP contribution in [0.4, 0.5) is 0 Å². The lowest BCUT2D eigenvalue weighted by Crippen LogP contribution is -2.34. The molecule has 0 saturated carbocycles. The van der Waals surface area contributed by atoms with Crippen molar-refractivity contribution in [3.63, 3.8) is 0 Å². The smallest absolute Gasteiger partial charge is 0.207 e. The molecule has 1 fully saturated rings. The second-order valence-corrected chi connectivity index (χ2v) is 8.10. The van der Waals surface area contributed by atoms with Crippen LogP contribution in [0.1, 0.15) is 42.9 Å². The Labute approximate surface area is 139 Å². The van der Waals surface area contributed by atoms with Crippen molar-refractivity contribution >= 4 is 10.0 Å². The van der Waals surface area contributed by atoms with Gasteiger partial charge in [0.25, 0.3) is 0 Å². The largest absolute Gasteiger partial charge is 0.243 e. The first-order chi connectivity index (χ1) is 11.1. The van der Waals surface area contributed by atoms with Gasteiger partial charge in [0.15, 0.2) is 0 Å². The van der Waals surface area contributed by atoms with Crippen LogP contribution >= 0.6 is 0 Å². The summed E-state index contributed by atoms with van der Waals surface area (Å²) in [4.78, 5) is 0.388. The van der Waals surface area contributed by atoms with Crippen molar-refractivity contribution in [3.05, 3.63) is 65.7 Å². The normalized spacial score (nSPS) is 20.1. The molecule has 122 valence electrons. The summed E-state index contributed by atoms with van der Waals surface area (Å²) in [5.41, 5.74) is 2.27. The van der Waals surface area contributed by atoms with Crippen LogP contribution in [0.5, 0.6) is 0 Å². The molecule has 1 saturated heterocycles. The van der Waals surface area contributed by atoms with E-state index in [-0.39, 0.29) is 6.04 Å². The molecule has 1 unspecified atom stereocenters. The number of rotatable bonds is 3. The zero-order valence-corrected chi connectivity index (χ0v) is 14.3. The molecule has 0 bridgehead atoms. The zero-order chi connectivity index (χ0) is 16.3. The van der Waals surface area contributed by atoms with Crippen molar-refractivity contribution in [3.8, 4) is 0 Å². The summed E-state index contributed by atoms with van der Waals surface area (Å²) in [7, 11) is -3.46. The molecular formula is C19H23NO2S. The van der Waals surface area contributed by atoms with Gasteiger partial charge >= 0.3 is 0 Å². The van der Waals surface area contributed by atoms with Crippen molar-refractivity contribution in [1.29, 1.82) is 0 Å². The average Bonchev–Trinajstić information content (AvgIpc) is 2.82. The molecule has 23 heavy (non-hydrogen) atoms. The quantitative estimate of drug-likeness (QED) is 0.842. The monoisotopic (exact) mass is 329 g/mol. The maximum Gasteiger partial charge on any atom is 0.243 e. The van der Waals surface area contributed by atoms with Crippen LogP contribution in [-0.4, -0.2) is 19.3 Å². The van der Waals surface area contributed by atoms with Crippen LogP contribution in [0.2, 0.25) is 0 Å². The van der Waals surface area contributed by atoms with E-state index in [4.69, 9.17) is 0 Å². The number of hydrogen-bond acceptors (Lipinski definition) is 2. The van der Waals surface area contributed by atoms with Gasteiger partial charge in [-0.1, -0.05) is 60.9 Å². The summed E-state index contributed by atoms with van der Waals surface area (Å²) in [6.45, 7) is 2.64. The van der Waals surface area contributed by atoms with Crippen LogP contribution in [0.25, 0.3) is 0 Å². The highest BCUT2D eigenvalue weighted by atomic mass is 32.2. The van der Waals surface area contributed by atoms with Crippen LogP contribution < -0.4 is 0 Å². The molecule has 3 rings (SSSR count). The van der Waals surface area contributed by atoms with Gasteiger partial charge in [-0.15, -0.1) is 0 Å². The number of nitrogens with zero attached hydrogens (tertiary/aromatic N) is 1. The van der Waals surface area contributed by atoms with E-state index >= 15 is 0 Å². The maximum absolute atomic E-state index is 13.1. The second kappa shape index (κ2) is 6.85. The van der Waals surface area contributed by atoms with Crippen LogP contribution in [0.15, 0.2) is 59.5 Å². The minimum absolute atomic E-state index is 0.0670. The van der Waals surface area contributed by atoms with Gasteiger partial charge in [-0.2, -0.15) is 4.31 Å². The lowest BCUT2D eigenvalue weighted by Gasteiger charge is -2.29. The Morgan fingerprint density at radius 2 is 1.74 bits per heavy atom. The standard InChI is InChI=1S/C19H23NO2S/c1-16-9-8-10-17(15-16)19-13-6-3-7-14-20(19)23(21,22)18-11-4-2-5-12-18/h2,4-5,8-12,15,19H,3,6-7,13-14H2,1H3. The summed E-state index contributed by atoms with van der Waals surface area (Å²) < 4.78 is 28.0. The molecule has 0 radical (unpaired) electrons. The zero-order valence-electron chi connectivity index (χ0n) is 13.5. The molecule has 0 aromatic heterocycles. The van der Waals surface area contributed by atoms with Crippen molar-refractivity contribution in [2.24, 2.45) is 0 Å². The van der Waals surface area contributed by atoms with E-state index in [9.17, 15) is 8.42 Å². The number of hydrogen-bond donors (Lipinski definition) is 0. The van der Waals surface area contributed by atoms with E-state index in [0.29, 0.717) is 11.4 Å². The van der Waals surface area contributed by atoms with Gasteiger partial charge in [0.2, 0.25) is 10.0 Å². The molecule has 1 aliphatic rings. The molecular weight excluding hydrogens is 306 g/mol. The van der Waals surface area contributed by atoms with Gasteiger partial charge in [0.05, 0.1) is 10.9 Å². The van der Waals surface area contributed by atoms with Crippen LogP contribution in [0.3, 0.4) is 0 Å². The summed E-state index contributed by atoms with van der Waals surface area (Å²) in [5, 5.41) is 0. The molecule has 0 amide bonds. The fourth-order valence-electron chi connectivity index (χ4n) is 3.31. The summed E-state index contributed by atoms with van der Waals surface area (Å²) in [6.07, 6.45) is 3.96. The maximum atomic E-state index is 13.1. The van der Waals surface area contributed by atoms with E-state index < -0.39 is 10.0 Å². The number of aryl methyl sites for hydroxylation is 1. The van der Waals surface area contributed by atoms with Crippen molar-refractivity contribution in [2.75, 3.05) is 6.54 Å². The van der Waals surface area contributed by atoms with E-state index in [1.165, 1.54) is 5.56 Å². The topological polar surface area (TPSA) is 37.4 Å². The summed E-state index contributed by atoms with van der Waals surface area (Å²) in [6, 6.07) is 17.0. The first-order valence-corrected chi connectivity index (χ1v) is 9.66. The van der Waals surface area contributed by atoms with Gasteiger partial charge in [-0.25, -0.2) is 8.42 Å². The molecule has 0 aliphatic carbocycles. The van der Waals surface area contributed by atoms with E-state index in [1.807, 2.05) is 12.1 Å². The van der Waals surface area contributed by atoms with Crippen LogP contribution in [0, 0.1) is 6.92 Å². The third-order valence-electron chi connectivity index (χ3n) is 4.48. The Hall–Kier alpha value is -1.65. The second-order valence-electron chi connectivity index (χ2n) is 6.21. The summed E-state index contributed by atoms with van der Waals surface area (Å²) in [5.74, 6) is 0. The first-order valence-electron chi connectivity index (χ1n) is 8.22. The average molecular weight is 329 g/mol. The van der Waals surface area contributed by atoms with Crippen molar-refractivity contribution in [2.45, 2.75) is 43.5 Å². The van der Waals surface area contributed by atoms with Crippen molar-refractivity contribution < 1.29 is 8.42 Å². The highest BCUT2D eigenvalue weighted by Crippen LogP contribution is 2.34. The molecule has 4 heteroatoms. The molecule has 1 aliphatic heterocycles.